The molecule has 4 aromatic rings. The number of hydrogen-bond donors (Lipinski definition) is 0. The molecule has 144 valence electrons. The first-order chi connectivity index (χ1) is 14.6. The Kier molecular flexibility index (Phi) is 5.60. The SMILES string of the molecule is CCc1ccc(C#Cc2ccc(C#Cc3ccc4cc(F)c(F)cc4c3)cc2)cc1. The molecule has 0 unspecified atom stereocenters. The summed E-state index contributed by atoms with van der Waals surface area (Å²) < 4.78 is 26.8. The summed E-state index contributed by atoms with van der Waals surface area (Å²) in [5.41, 5.74) is 4.81. The van der Waals surface area contributed by atoms with Crippen LogP contribution < -0.4 is 0 Å². The standard InChI is InChI=1S/C28H18F2/c1-2-20-3-5-21(6-4-20)7-8-22-9-11-23(12-10-22)13-14-24-15-16-25-18-27(29)28(30)19-26(25)17-24/h3-6,9-12,15-19H,2H2,1H3. The summed E-state index contributed by atoms with van der Waals surface area (Å²) in [4.78, 5) is 0. The van der Waals surface area contributed by atoms with E-state index in [1.807, 2.05) is 36.4 Å². The highest BCUT2D eigenvalue weighted by Gasteiger charge is 2.04. The molecule has 0 atom stereocenters. The smallest absolute Gasteiger partial charge is 0.159 e. The van der Waals surface area contributed by atoms with E-state index in [1.165, 1.54) is 17.7 Å². The van der Waals surface area contributed by atoms with Gasteiger partial charge in [-0.1, -0.05) is 48.8 Å². The molecule has 0 radical (unpaired) electrons. The van der Waals surface area contributed by atoms with E-state index in [0.29, 0.717) is 10.8 Å². The average Bonchev–Trinajstić information content (AvgIpc) is 2.78. The predicted molar refractivity (Wildman–Crippen MR) is 118 cm³/mol. The highest BCUT2D eigenvalue weighted by Crippen LogP contribution is 2.19. The summed E-state index contributed by atoms with van der Waals surface area (Å²) in [6, 6.07) is 23.7. The van der Waals surface area contributed by atoms with Gasteiger partial charge >= 0.3 is 0 Å². The van der Waals surface area contributed by atoms with Crippen LogP contribution in [0.15, 0.2) is 78.9 Å². The van der Waals surface area contributed by atoms with Gasteiger partial charge in [-0.05, 0) is 83.4 Å². The van der Waals surface area contributed by atoms with Gasteiger partial charge < -0.3 is 0 Å². The van der Waals surface area contributed by atoms with Crippen molar-refractivity contribution < 1.29 is 8.78 Å². The van der Waals surface area contributed by atoms with Crippen LogP contribution in [0.3, 0.4) is 0 Å². The fraction of sp³-hybridized carbons (Fsp3) is 0.0714. The van der Waals surface area contributed by atoms with Gasteiger partial charge in [0.25, 0.3) is 0 Å². The lowest BCUT2D eigenvalue weighted by Gasteiger charge is -2.00. The van der Waals surface area contributed by atoms with Crippen molar-refractivity contribution in [2.75, 3.05) is 0 Å². The molecule has 0 amide bonds. The summed E-state index contributed by atoms with van der Waals surface area (Å²) in [6.07, 6.45) is 1.02. The molecule has 30 heavy (non-hydrogen) atoms. The van der Waals surface area contributed by atoms with Crippen molar-refractivity contribution in [2.45, 2.75) is 13.3 Å². The van der Waals surface area contributed by atoms with Crippen LogP contribution >= 0.6 is 0 Å². The molecule has 0 heterocycles. The summed E-state index contributed by atoms with van der Waals surface area (Å²) >= 11 is 0. The molecule has 4 aromatic carbocycles. The molecule has 0 saturated carbocycles. The van der Waals surface area contributed by atoms with E-state index in [-0.39, 0.29) is 0 Å². The summed E-state index contributed by atoms with van der Waals surface area (Å²) in [5.74, 6) is 10.8. The van der Waals surface area contributed by atoms with E-state index < -0.39 is 11.6 Å². The van der Waals surface area contributed by atoms with Gasteiger partial charge in [-0.25, -0.2) is 8.78 Å². The van der Waals surface area contributed by atoms with Gasteiger partial charge in [0.1, 0.15) is 0 Å². The van der Waals surface area contributed by atoms with Gasteiger partial charge in [0, 0.05) is 22.3 Å². The Hall–Kier alpha value is -3.88. The van der Waals surface area contributed by atoms with Gasteiger partial charge in [0.05, 0.1) is 0 Å². The van der Waals surface area contributed by atoms with Crippen molar-refractivity contribution in [3.05, 3.63) is 118 Å². The summed E-state index contributed by atoms with van der Waals surface area (Å²) in [7, 11) is 0. The number of rotatable bonds is 1. The molecule has 0 aromatic heterocycles. The maximum Gasteiger partial charge on any atom is 0.159 e. The topological polar surface area (TPSA) is 0 Å². The molecule has 0 saturated heterocycles. The Morgan fingerprint density at radius 1 is 0.533 bits per heavy atom. The Balaban J connectivity index is 1.50. The molecule has 0 aliphatic rings. The quantitative estimate of drug-likeness (QED) is 0.325. The Morgan fingerprint density at radius 3 is 1.50 bits per heavy atom. The lowest BCUT2D eigenvalue weighted by Crippen LogP contribution is -1.85. The molecule has 0 N–H and O–H groups in total. The van der Waals surface area contributed by atoms with Crippen LogP contribution in [0.5, 0.6) is 0 Å². The number of aryl methyl sites for hydroxylation is 1. The van der Waals surface area contributed by atoms with Crippen LogP contribution in [0.4, 0.5) is 8.78 Å². The molecule has 0 spiro atoms. The van der Waals surface area contributed by atoms with Crippen LogP contribution in [0.2, 0.25) is 0 Å². The molecule has 0 nitrogen and oxygen atoms in total. The number of halogens is 2. The summed E-state index contributed by atoms with van der Waals surface area (Å²) in [5, 5.41) is 1.27. The van der Waals surface area contributed by atoms with E-state index in [2.05, 4.69) is 42.7 Å². The van der Waals surface area contributed by atoms with Crippen LogP contribution in [0.1, 0.15) is 34.7 Å². The van der Waals surface area contributed by atoms with Crippen LogP contribution in [0, 0.1) is 35.3 Å². The van der Waals surface area contributed by atoms with Gasteiger partial charge in [0.15, 0.2) is 11.6 Å². The second-order valence-corrected chi connectivity index (χ2v) is 6.96. The highest BCUT2D eigenvalue weighted by molar-refractivity contribution is 5.84. The first-order valence-electron chi connectivity index (χ1n) is 9.72. The first kappa shape index (κ1) is 19.4. The third-order valence-electron chi connectivity index (χ3n) is 4.83. The average molecular weight is 392 g/mol. The minimum atomic E-state index is -0.856. The van der Waals surface area contributed by atoms with Crippen molar-refractivity contribution in [1.29, 1.82) is 0 Å². The number of benzene rings is 4. The predicted octanol–water partition coefficient (Wildman–Crippen LogP) is 6.48. The zero-order chi connectivity index (χ0) is 20.9. The van der Waals surface area contributed by atoms with E-state index in [0.717, 1.165) is 28.7 Å². The zero-order valence-corrected chi connectivity index (χ0v) is 16.5. The van der Waals surface area contributed by atoms with E-state index in [4.69, 9.17) is 0 Å². The monoisotopic (exact) mass is 392 g/mol. The van der Waals surface area contributed by atoms with Crippen LogP contribution in [-0.2, 0) is 6.42 Å². The molecule has 0 aliphatic carbocycles. The molecule has 0 aliphatic heterocycles. The second kappa shape index (κ2) is 8.64. The van der Waals surface area contributed by atoms with Crippen molar-refractivity contribution in [1.82, 2.24) is 0 Å². The second-order valence-electron chi connectivity index (χ2n) is 6.96. The zero-order valence-electron chi connectivity index (χ0n) is 16.5. The third kappa shape index (κ3) is 4.57. The molecular formula is C28H18F2. The van der Waals surface area contributed by atoms with Crippen LogP contribution in [0.25, 0.3) is 10.8 Å². The van der Waals surface area contributed by atoms with E-state index >= 15 is 0 Å². The van der Waals surface area contributed by atoms with Crippen molar-refractivity contribution in [2.24, 2.45) is 0 Å². The van der Waals surface area contributed by atoms with Crippen molar-refractivity contribution in [3.8, 4) is 23.7 Å². The largest absolute Gasteiger partial charge is 0.204 e. The lowest BCUT2D eigenvalue weighted by atomic mass is 10.1. The van der Waals surface area contributed by atoms with Gasteiger partial charge in [-0.15, -0.1) is 0 Å². The normalized spacial score (nSPS) is 10.1. The van der Waals surface area contributed by atoms with Gasteiger partial charge in [-0.3, -0.25) is 0 Å². The maximum atomic E-state index is 13.5. The van der Waals surface area contributed by atoms with E-state index in [1.54, 1.807) is 18.2 Å². The Bertz CT molecular complexity index is 1320. The first-order valence-corrected chi connectivity index (χ1v) is 9.72. The van der Waals surface area contributed by atoms with Gasteiger partial charge in [0.2, 0.25) is 0 Å². The molecule has 0 bridgehead atoms. The summed E-state index contributed by atoms with van der Waals surface area (Å²) in [6.45, 7) is 2.13. The molecular weight excluding hydrogens is 374 g/mol. The molecule has 2 heteroatoms. The Labute approximate surface area is 175 Å². The lowest BCUT2D eigenvalue weighted by molar-refractivity contribution is 0.511. The fourth-order valence-corrected chi connectivity index (χ4v) is 3.07. The molecule has 0 fully saturated rings. The van der Waals surface area contributed by atoms with E-state index in [9.17, 15) is 8.78 Å². The van der Waals surface area contributed by atoms with Crippen molar-refractivity contribution >= 4 is 10.8 Å². The third-order valence-corrected chi connectivity index (χ3v) is 4.83. The van der Waals surface area contributed by atoms with Gasteiger partial charge in [-0.2, -0.15) is 0 Å². The van der Waals surface area contributed by atoms with Crippen molar-refractivity contribution in [3.63, 3.8) is 0 Å². The number of fused-ring (bicyclic) bond motifs is 1. The Morgan fingerprint density at radius 2 is 0.967 bits per heavy atom. The minimum absolute atomic E-state index is 0.623. The highest BCUT2D eigenvalue weighted by atomic mass is 19.2. The van der Waals surface area contributed by atoms with Crippen LogP contribution in [-0.4, -0.2) is 0 Å². The minimum Gasteiger partial charge on any atom is -0.204 e. The number of hydrogen-bond acceptors (Lipinski definition) is 0. The fourth-order valence-electron chi connectivity index (χ4n) is 3.07. The maximum absolute atomic E-state index is 13.5. The molecule has 4 rings (SSSR count).